The number of benzene rings is 3. The predicted molar refractivity (Wildman–Crippen MR) is 151 cm³/mol. The van der Waals surface area contributed by atoms with E-state index in [1.54, 1.807) is 24.3 Å². The van der Waals surface area contributed by atoms with Crippen molar-refractivity contribution in [3.63, 3.8) is 0 Å². The van der Waals surface area contributed by atoms with Gasteiger partial charge in [-0.2, -0.15) is 22.0 Å². The molecule has 2 amide bonds. The van der Waals surface area contributed by atoms with Crippen molar-refractivity contribution in [3.8, 4) is 22.8 Å². The molecule has 0 aliphatic rings. The second-order valence-corrected chi connectivity index (χ2v) is 9.95. The van der Waals surface area contributed by atoms with E-state index < -0.39 is 29.6 Å². The maximum atomic E-state index is 13.1. The number of ether oxygens (including phenoxy) is 1. The normalized spacial score (nSPS) is 12.6. The summed E-state index contributed by atoms with van der Waals surface area (Å²) in [6.45, 7) is 4.41. The van der Waals surface area contributed by atoms with Gasteiger partial charge in [0.2, 0.25) is 0 Å². The van der Waals surface area contributed by atoms with Gasteiger partial charge >= 0.3 is 18.3 Å². The molecule has 1 atom stereocenters. The van der Waals surface area contributed by atoms with Gasteiger partial charge in [0.05, 0.1) is 5.69 Å². The quantitative estimate of drug-likeness (QED) is 0.0915. The summed E-state index contributed by atoms with van der Waals surface area (Å²) in [5.41, 5.74) is 3.23. The largest absolute Gasteiger partial charge is 0.499 e. The molecule has 4 rings (SSSR count). The van der Waals surface area contributed by atoms with Gasteiger partial charge in [-0.05, 0) is 47.4 Å². The molecular formula is C28H27F5N6O2S. The van der Waals surface area contributed by atoms with Gasteiger partial charge < -0.3 is 20.7 Å². The molecule has 0 aliphatic carbocycles. The average Bonchev–Trinajstić information content (AvgIpc) is 3.42. The SMILES string of the molecule is CC(C)c1ccccc1NC(S)NC(=O)NCc1ccc(-c2ncn(-c3ccc(OC(F)(F)C(F)(F)F)cc3)n2)cc1. The minimum absolute atomic E-state index is 0.249. The number of amides is 2. The van der Waals surface area contributed by atoms with Crippen LogP contribution in [-0.4, -0.2) is 38.6 Å². The first-order chi connectivity index (χ1) is 19.8. The van der Waals surface area contributed by atoms with Crippen LogP contribution < -0.4 is 20.7 Å². The third-order valence-electron chi connectivity index (χ3n) is 5.98. The molecule has 0 spiro atoms. The molecule has 0 radical (unpaired) electrons. The van der Waals surface area contributed by atoms with E-state index in [0.29, 0.717) is 23.0 Å². The van der Waals surface area contributed by atoms with Gasteiger partial charge in [0.15, 0.2) is 5.82 Å². The van der Waals surface area contributed by atoms with Crippen LogP contribution in [0, 0.1) is 0 Å². The third kappa shape index (κ3) is 7.69. The van der Waals surface area contributed by atoms with Crippen molar-refractivity contribution in [3.05, 3.63) is 90.3 Å². The number of para-hydroxylation sites is 1. The second kappa shape index (κ2) is 12.7. The van der Waals surface area contributed by atoms with Gasteiger partial charge in [0.1, 0.15) is 17.6 Å². The van der Waals surface area contributed by atoms with Crippen LogP contribution in [0.4, 0.5) is 32.4 Å². The van der Waals surface area contributed by atoms with Crippen LogP contribution in [0.2, 0.25) is 0 Å². The lowest BCUT2D eigenvalue weighted by Crippen LogP contribution is -2.42. The highest BCUT2D eigenvalue weighted by Gasteiger charge is 2.61. The standard InChI is InChI=1S/C28H27F5N6O2S/c1-17(2)22-5-3-4-6-23(22)36-26(42)37-25(40)34-15-18-7-9-19(10-8-18)24-35-16-39(38-24)20-11-13-21(14-12-20)41-28(32,33)27(29,30)31/h3-14,16-17,26,36,42H,15H2,1-2H3,(H2,34,37,40). The molecule has 0 saturated carbocycles. The molecule has 14 heteroatoms. The number of thiol groups is 1. The first-order valence-electron chi connectivity index (χ1n) is 12.7. The fourth-order valence-electron chi connectivity index (χ4n) is 3.84. The fraction of sp³-hybridized carbons (Fsp3) is 0.250. The Kier molecular flexibility index (Phi) is 9.24. The number of carbonyl (C=O) groups is 1. The minimum atomic E-state index is -5.84. The number of urea groups is 1. The summed E-state index contributed by atoms with van der Waals surface area (Å²) in [5, 5.41) is 13.0. The molecule has 1 heterocycles. The van der Waals surface area contributed by atoms with Crippen molar-refractivity contribution in [2.75, 3.05) is 5.32 Å². The number of nitrogens with one attached hydrogen (secondary N) is 3. The van der Waals surface area contributed by atoms with E-state index in [-0.39, 0.29) is 6.54 Å². The van der Waals surface area contributed by atoms with Crippen molar-refractivity contribution in [2.45, 2.75) is 44.1 Å². The maximum Gasteiger partial charge on any atom is 0.499 e. The number of rotatable bonds is 10. The maximum absolute atomic E-state index is 13.1. The Morgan fingerprint density at radius 2 is 1.64 bits per heavy atom. The summed E-state index contributed by atoms with van der Waals surface area (Å²) in [4.78, 5) is 16.6. The summed E-state index contributed by atoms with van der Waals surface area (Å²) in [6.07, 6.45) is -9.78. The molecule has 42 heavy (non-hydrogen) atoms. The number of aromatic nitrogens is 3. The lowest BCUT2D eigenvalue weighted by Gasteiger charge is -2.20. The zero-order chi connectivity index (χ0) is 30.5. The van der Waals surface area contributed by atoms with Crippen molar-refractivity contribution < 1.29 is 31.5 Å². The van der Waals surface area contributed by atoms with Crippen LogP contribution in [0.5, 0.6) is 5.75 Å². The van der Waals surface area contributed by atoms with E-state index in [4.69, 9.17) is 0 Å². The third-order valence-corrected chi connectivity index (χ3v) is 6.24. The first-order valence-corrected chi connectivity index (χ1v) is 13.2. The zero-order valence-corrected chi connectivity index (χ0v) is 23.3. The molecule has 3 aromatic carbocycles. The van der Waals surface area contributed by atoms with Crippen molar-refractivity contribution in [2.24, 2.45) is 0 Å². The van der Waals surface area contributed by atoms with E-state index >= 15 is 0 Å². The molecule has 0 fully saturated rings. The lowest BCUT2D eigenvalue weighted by atomic mass is 10.0. The van der Waals surface area contributed by atoms with Crippen LogP contribution >= 0.6 is 12.6 Å². The second-order valence-electron chi connectivity index (χ2n) is 9.44. The van der Waals surface area contributed by atoms with E-state index in [9.17, 15) is 26.7 Å². The van der Waals surface area contributed by atoms with Crippen LogP contribution in [0.15, 0.2) is 79.1 Å². The molecule has 1 aromatic heterocycles. The van der Waals surface area contributed by atoms with Crippen LogP contribution in [0.25, 0.3) is 17.1 Å². The number of alkyl halides is 5. The number of halogens is 5. The lowest BCUT2D eigenvalue weighted by molar-refractivity contribution is -0.360. The average molecular weight is 607 g/mol. The zero-order valence-electron chi connectivity index (χ0n) is 22.4. The van der Waals surface area contributed by atoms with Crippen molar-refractivity contribution in [1.29, 1.82) is 0 Å². The summed E-state index contributed by atoms with van der Waals surface area (Å²) in [7, 11) is 0. The number of hydrogen-bond acceptors (Lipinski definition) is 6. The smallest absolute Gasteiger partial charge is 0.426 e. The molecule has 8 nitrogen and oxygen atoms in total. The van der Waals surface area contributed by atoms with Gasteiger partial charge in [-0.3, -0.25) is 0 Å². The Hall–Kier alpha value is -4.33. The molecular weight excluding hydrogens is 579 g/mol. The van der Waals surface area contributed by atoms with Crippen LogP contribution in [0.3, 0.4) is 0 Å². The van der Waals surface area contributed by atoms with E-state index in [1.165, 1.54) is 23.1 Å². The summed E-state index contributed by atoms with van der Waals surface area (Å²) >= 11 is 4.41. The molecule has 0 aliphatic heterocycles. The molecule has 1 unspecified atom stereocenters. The van der Waals surface area contributed by atoms with Crippen LogP contribution in [0.1, 0.15) is 30.9 Å². The number of carbonyl (C=O) groups excluding carboxylic acids is 1. The van der Waals surface area contributed by atoms with Gasteiger partial charge in [0, 0.05) is 17.8 Å². The Morgan fingerprint density at radius 1 is 0.976 bits per heavy atom. The van der Waals surface area contributed by atoms with Gasteiger partial charge in [0.25, 0.3) is 0 Å². The highest BCUT2D eigenvalue weighted by atomic mass is 32.1. The Morgan fingerprint density at radius 3 is 2.29 bits per heavy atom. The number of hydrogen-bond donors (Lipinski definition) is 4. The molecule has 0 bridgehead atoms. The number of anilines is 1. The molecule has 222 valence electrons. The summed E-state index contributed by atoms with van der Waals surface area (Å²) < 4.78 is 68.4. The van der Waals surface area contributed by atoms with Crippen molar-refractivity contribution >= 4 is 24.3 Å². The Labute approximate surface area is 243 Å². The first kappa shape index (κ1) is 30.6. The van der Waals surface area contributed by atoms with Crippen LogP contribution in [-0.2, 0) is 6.54 Å². The highest BCUT2D eigenvalue weighted by molar-refractivity contribution is 7.81. The van der Waals surface area contributed by atoms with Crippen molar-refractivity contribution in [1.82, 2.24) is 25.4 Å². The molecule has 0 saturated heterocycles. The molecule has 3 N–H and O–H groups in total. The van der Waals surface area contributed by atoms with E-state index in [0.717, 1.165) is 28.9 Å². The van der Waals surface area contributed by atoms with Gasteiger partial charge in [-0.25, -0.2) is 14.5 Å². The summed E-state index contributed by atoms with van der Waals surface area (Å²) in [5.74, 6) is -0.00619. The van der Waals surface area contributed by atoms with E-state index in [1.807, 2.05) is 24.3 Å². The van der Waals surface area contributed by atoms with E-state index in [2.05, 4.69) is 57.2 Å². The topological polar surface area (TPSA) is 93.1 Å². The fourth-order valence-corrected chi connectivity index (χ4v) is 4.09. The number of nitrogens with zero attached hydrogens (tertiary/aromatic N) is 3. The Balaban J connectivity index is 1.30. The monoisotopic (exact) mass is 606 g/mol. The van der Waals surface area contributed by atoms with Gasteiger partial charge in [-0.1, -0.05) is 56.3 Å². The predicted octanol–water partition coefficient (Wildman–Crippen LogP) is 6.72. The summed E-state index contributed by atoms with van der Waals surface area (Å²) in [6, 6.07) is 19.0. The minimum Gasteiger partial charge on any atom is -0.426 e. The van der Waals surface area contributed by atoms with Gasteiger partial charge in [-0.15, -0.1) is 17.7 Å². The highest BCUT2D eigenvalue weighted by Crippen LogP contribution is 2.37. The molecule has 4 aromatic rings. The Bertz CT molecular complexity index is 1490.